The van der Waals surface area contributed by atoms with Gasteiger partial charge in [0.25, 0.3) is 0 Å². The number of carbonyl (C=O) groups is 2. The van der Waals surface area contributed by atoms with Crippen LogP contribution in [0.5, 0.6) is 0 Å². The predicted octanol–water partition coefficient (Wildman–Crippen LogP) is 1.62. The van der Waals surface area contributed by atoms with Gasteiger partial charge in [-0.15, -0.1) is 5.10 Å². The molecule has 1 atom stereocenters. The summed E-state index contributed by atoms with van der Waals surface area (Å²) in [6.45, 7) is 7.89. The molecular formula is C14H24N4O3. The van der Waals surface area contributed by atoms with Crippen molar-refractivity contribution in [2.24, 2.45) is 5.92 Å². The van der Waals surface area contributed by atoms with Crippen LogP contribution < -0.4 is 5.32 Å². The van der Waals surface area contributed by atoms with Crippen molar-refractivity contribution in [3.63, 3.8) is 0 Å². The molecule has 0 saturated carbocycles. The van der Waals surface area contributed by atoms with E-state index in [4.69, 9.17) is 5.11 Å². The van der Waals surface area contributed by atoms with Gasteiger partial charge in [0, 0.05) is 6.04 Å². The van der Waals surface area contributed by atoms with Gasteiger partial charge >= 0.3 is 5.97 Å². The Labute approximate surface area is 124 Å². The second-order valence-electron chi connectivity index (χ2n) is 5.78. The molecule has 0 aliphatic carbocycles. The molecule has 1 aromatic heterocycles. The number of aromatic carboxylic acids is 1. The SMILES string of the molecule is Cc1c(C(=O)O)nnn1CC(=O)NC(C)CCCC(C)C. The van der Waals surface area contributed by atoms with E-state index in [-0.39, 0.29) is 24.2 Å². The number of hydrogen-bond acceptors (Lipinski definition) is 4. The normalized spacial score (nSPS) is 12.4. The van der Waals surface area contributed by atoms with Gasteiger partial charge in [0.15, 0.2) is 5.69 Å². The van der Waals surface area contributed by atoms with Gasteiger partial charge in [0.05, 0.1) is 5.69 Å². The minimum absolute atomic E-state index is 0.0133. The molecule has 0 radical (unpaired) electrons. The Kier molecular flexibility index (Phi) is 6.33. The number of hydrogen-bond donors (Lipinski definition) is 2. The quantitative estimate of drug-likeness (QED) is 0.759. The van der Waals surface area contributed by atoms with Crippen LogP contribution in [-0.4, -0.2) is 38.0 Å². The lowest BCUT2D eigenvalue weighted by Gasteiger charge is -2.14. The summed E-state index contributed by atoms with van der Waals surface area (Å²) in [5.74, 6) is -0.654. The minimum atomic E-state index is -1.14. The third-order valence-electron chi connectivity index (χ3n) is 3.30. The number of carboxylic acids is 1. The number of aromatic nitrogens is 3. The van der Waals surface area contributed by atoms with E-state index in [0.717, 1.165) is 19.3 Å². The molecule has 0 aromatic carbocycles. The van der Waals surface area contributed by atoms with Crippen molar-refractivity contribution in [3.05, 3.63) is 11.4 Å². The fourth-order valence-electron chi connectivity index (χ4n) is 2.07. The monoisotopic (exact) mass is 296 g/mol. The van der Waals surface area contributed by atoms with Crippen molar-refractivity contribution in [1.82, 2.24) is 20.3 Å². The maximum Gasteiger partial charge on any atom is 0.358 e. The van der Waals surface area contributed by atoms with Gasteiger partial charge in [-0.3, -0.25) is 4.79 Å². The molecule has 7 nitrogen and oxygen atoms in total. The highest BCUT2D eigenvalue weighted by Gasteiger charge is 2.17. The van der Waals surface area contributed by atoms with Crippen molar-refractivity contribution in [2.75, 3.05) is 0 Å². The molecule has 118 valence electrons. The maximum atomic E-state index is 11.9. The molecule has 1 amide bonds. The second-order valence-corrected chi connectivity index (χ2v) is 5.78. The summed E-state index contributed by atoms with van der Waals surface area (Å²) >= 11 is 0. The van der Waals surface area contributed by atoms with E-state index in [9.17, 15) is 9.59 Å². The molecule has 0 saturated heterocycles. The number of amides is 1. The highest BCUT2D eigenvalue weighted by molar-refractivity contribution is 5.86. The Balaban J connectivity index is 2.45. The first-order valence-corrected chi connectivity index (χ1v) is 7.24. The van der Waals surface area contributed by atoms with Gasteiger partial charge in [-0.05, 0) is 26.2 Å². The zero-order chi connectivity index (χ0) is 16.0. The van der Waals surface area contributed by atoms with Gasteiger partial charge in [0.2, 0.25) is 5.91 Å². The van der Waals surface area contributed by atoms with Crippen molar-refractivity contribution >= 4 is 11.9 Å². The highest BCUT2D eigenvalue weighted by atomic mass is 16.4. The molecule has 21 heavy (non-hydrogen) atoms. The maximum absolute atomic E-state index is 11.9. The molecule has 1 aromatic rings. The second kappa shape index (κ2) is 7.75. The number of carbonyl (C=O) groups excluding carboxylic acids is 1. The summed E-state index contributed by atoms with van der Waals surface area (Å²) in [5.41, 5.74) is 0.262. The summed E-state index contributed by atoms with van der Waals surface area (Å²) in [6, 6.07) is 0.0963. The van der Waals surface area contributed by atoms with Crippen LogP contribution >= 0.6 is 0 Å². The van der Waals surface area contributed by atoms with E-state index in [1.807, 2.05) is 6.92 Å². The van der Waals surface area contributed by atoms with Crippen molar-refractivity contribution in [2.45, 2.75) is 59.5 Å². The standard InChI is InChI=1S/C14H24N4O3/c1-9(2)6-5-7-10(3)15-12(19)8-18-11(4)13(14(20)21)16-17-18/h9-10H,5-8H2,1-4H3,(H,15,19)(H,20,21). The minimum Gasteiger partial charge on any atom is -0.476 e. The Morgan fingerprint density at radius 1 is 1.29 bits per heavy atom. The summed E-state index contributed by atoms with van der Waals surface area (Å²) in [4.78, 5) is 22.8. The number of nitrogens with zero attached hydrogens (tertiary/aromatic N) is 3. The summed E-state index contributed by atoms with van der Waals surface area (Å²) < 4.78 is 1.31. The van der Waals surface area contributed by atoms with Gasteiger partial charge in [-0.1, -0.05) is 31.9 Å². The van der Waals surface area contributed by atoms with Crippen LogP contribution in [0.3, 0.4) is 0 Å². The molecule has 1 unspecified atom stereocenters. The molecule has 0 bridgehead atoms. The third kappa shape index (κ3) is 5.53. The molecular weight excluding hydrogens is 272 g/mol. The summed E-state index contributed by atoms with van der Waals surface area (Å²) in [6.07, 6.45) is 3.15. The summed E-state index contributed by atoms with van der Waals surface area (Å²) in [5, 5.41) is 19.0. The molecule has 0 fully saturated rings. The molecule has 2 N–H and O–H groups in total. The number of nitrogens with one attached hydrogen (secondary N) is 1. The Morgan fingerprint density at radius 3 is 2.48 bits per heavy atom. The van der Waals surface area contributed by atoms with Gasteiger partial charge in [0.1, 0.15) is 6.54 Å². The van der Waals surface area contributed by atoms with Crippen molar-refractivity contribution in [1.29, 1.82) is 0 Å². The lowest BCUT2D eigenvalue weighted by Crippen LogP contribution is -2.35. The van der Waals surface area contributed by atoms with Gasteiger partial charge < -0.3 is 10.4 Å². The van der Waals surface area contributed by atoms with E-state index >= 15 is 0 Å². The Morgan fingerprint density at radius 2 is 1.95 bits per heavy atom. The predicted molar refractivity (Wildman–Crippen MR) is 78.0 cm³/mol. The van der Waals surface area contributed by atoms with Crippen molar-refractivity contribution in [3.8, 4) is 0 Å². The van der Waals surface area contributed by atoms with Crippen molar-refractivity contribution < 1.29 is 14.7 Å². The first-order chi connectivity index (χ1) is 9.81. The van der Waals surface area contributed by atoms with E-state index in [2.05, 4.69) is 29.5 Å². The van der Waals surface area contributed by atoms with Crippen LogP contribution in [-0.2, 0) is 11.3 Å². The first kappa shape index (κ1) is 17.1. The zero-order valence-corrected chi connectivity index (χ0v) is 13.1. The third-order valence-corrected chi connectivity index (χ3v) is 3.30. The Bertz CT molecular complexity index is 496. The zero-order valence-electron chi connectivity index (χ0n) is 13.1. The molecule has 0 aliphatic rings. The molecule has 0 spiro atoms. The molecule has 1 heterocycles. The van der Waals surface area contributed by atoms with Crippen LogP contribution in [0, 0.1) is 12.8 Å². The van der Waals surface area contributed by atoms with Crippen LogP contribution in [0.15, 0.2) is 0 Å². The average Bonchev–Trinajstić information content (AvgIpc) is 2.70. The fraction of sp³-hybridized carbons (Fsp3) is 0.714. The van der Waals surface area contributed by atoms with E-state index in [1.54, 1.807) is 6.92 Å². The largest absolute Gasteiger partial charge is 0.476 e. The van der Waals surface area contributed by atoms with E-state index < -0.39 is 5.97 Å². The van der Waals surface area contributed by atoms with Crippen LogP contribution in [0.4, 0.5) is 0 Å². The van der Waals surface area contributed by atoms with Gasteiger partial charge in [-0.25, -0.2) is 9.48 Å². The van der Waals surface area contributed by atoms with E-state index in [0.29, 0.717) is 11.6 Å². The van der Waals surface area contributed by atoms with Crippen LogP contribution in [0.1, 0.15) is 56.2 Å². The van der Waals surface area contributed by atoms with E-state index in [1.165, 1.54) is 4.68 Å². The van der Waals surface area contributed by atoms with Crippen LogP contribution in [0.25, 0.3) is 0 Å². The Hall–Kier alpha value is -1.92. The lowest BCUT2D eigenvalue weighted by molar-refractivity contribution is -0.122. The number of rotatable bonds is 8. The number of carboxylic acid groups (broad SMARTS) is 1. The first-order valence-electron chi connectivity index (χ1n) is 7.24. The topological polar surface area (TPSA) is 97.1 Å². The average molecular weight is 296 g/mol. The molecule has 1 rings (SSSR count). The molecule has 7 heteroatoms. The smallest absolute Gasteiger partial charge is 0.358 e. The van der Waals surface area contributed by atoms with Gasteiger partial charge in [-0.2, -0.15) is 0 Å². The van der Waals surface area contributed by atoms with Crippen LogP contribution in [0.2, 0.25) is 0 Å². The highest BCUT2D eigenvalue weighted by Crippen LogP contribution is 2.08. The fourth-order valence-corrected chi connectivity index (χ4v) is 2.07. The lowest BCUT2D eigenvalue weighted by atomic mass is 10.0. The summed E-state index contributed by atoms with van der Waals surface area (Å²) in [7, 11) is 0. The molecule has 0 aliphatic heterocycles.